The van der Waals surface area contributed by atoms with E-state index in [0.29, 0.717) is 11.8 Å². The fourth-order valence-corrected chi connectivity index (χ4v) is 1.61. The molecule has 1 saturated heterocycles. The Morgan fingerprint density at radius 1 is 1.27 bits per heavy atom. The smallest absolute Gasteiger partial charge is 0.230 e. The van der Waals surface area contributed by atoms with Crippen molar-refractivity contribution >= 4 is 23.5 Å². The second kappa shape index (κ2) is 4.59. The van der Waals surface area contributed by atoms with Gasteiger partial charge in [0.25, 0.3) is 0 Å². The van der Waals surface area contributed by atoms with Crippen molar-refractivity contribution in [2.24, 2.45) is 0 Å². The number of anilines is 2. The lowest BCUT2D eigenvalue weighted by Gasteiger charge is -2.27. The summed E-state index contributed by atoms with van der Waals surface area (Å²) < 4.78 is 0. The van der Waals surface area contributed by atoms with Gasteiger partial charge in [-0.05, 0) is 0 Å². The van der Waals surface area contributed by atoms with E-state index in [1.165, 1.54) is 0 Å². The summed E-state index contributed by atoms with van der Waals surface area (Å²) in [6, 6.07) is 0. The Bertz CT molecular complexity index is 338. The van der Waals surface area contributed by atoms with Gasteiger partial charge in [-0.15, -0.1) is 11.6 Å². The topological polar surface area (TPSA) is 80.0 Å². The fourth-order valence-electron chi connectivity index (χ4n) is 1.49. The molecule has 2 rings (SSSR count). The first-order chi connectivity index (χ1) is 7.29. The van der Waals surface area contributed by atoms with E-state index in [2.05, 4.69) is 25.2 Å². The van der Waals surface area contributed by atoms with Gasteiger partial charge in [0.2, 0.25) is 11.9 Å². The highest BCUT2D eigenvalue weighted by atomic mass is 35.5. The first kappa shape index (κ1) is 10.4. The Morgan fingerprint density at radius 3 is 2.67 bits per heavy atom. The van der Waals surface area contributed by atoms with E-state index < -0.39 is 0 Å². The van der Waals surface area contributed by atoms with Gasteiger partial charge in [-0.1, -0.05) is 0 Å². The molecule has 0 saturated carbocycles. The maximum Gasteiger partial charge on any atom is 0.230 e. The Kier molecular flexibility index (Phi) is 3.17. The Labute approximate surface area is 92.9 Å². The Balaban J connectivity index is 2.22. The Morgan fingerprint density at radius 2 is 2.00 bits per heavy atom. The molecule has 1 aliphatic rings. The van der Waals surface area contributed by atoms with Crippen LogP contribution in [0.15, 0.2) is 0 Å². The van der Waals surface area contributed by atoms with Crippen molar-refractivity contribution in [3.8, 4) is 0 Å². The van der Waals surface area contributed by atoms with Crippen LogP contribution < -0.4 is 16.0 Å². The number of halogens is 1. The van der Waals surface area contributed by atoms with Gasteiger partial charge in [0.05, 0.1) is 5.88 Å². The maximum atomic E-state index is 5.67. The van der Waals surface area contributed by atoms with Crippen LogP contribution in [-0.2, 0) is 5.88 Å². The van der Waals surface area contributed by atoms with E-state index in [1.807, 2.05) is 0 Å². The van der Waals surface area contributed by atoms with Crippen molar-refractivity contribution in [2.45, 2.75) is 5.88 Å². The van der Waals surface area contributed by atoms with Crippen LogP contribution in [0.2, 0.25) is 0 Å². The van der Waals surface area contributed by atoms with Gasteiger partial charge in [-0.25, -0.2) is 0 Å². The fraction of sp³-hybridized carbons (Fsp3) is 0.625. The molecule has 6 nitrogen and oxygen atoms in total. The minimum Gasteiger partial charge on any atom is -0.368 e. The molecule has 82 valence electrons. The molecule has 0 aliphatic carbocycles. The third-order valence-electron chi connectivity index (χ3n) is 2.21. The van der Waals surface area contributed by atoms with Crippen LogP contribution >= 0.6 is 11.6 Å². The average Bonchev–Trinajstić information content (AvgIpc) is 2.29. The second-order valence-corrected chi connectivity index (χ2v) is 3.55. The van der Waals surface area contributed by atoms with E-state index in [4.69, 9.17) is 17.3 Å². The van der Waals surface area contributed by atoms with Crippen molar-refractivity contribution in [2.75, 3.05) is 36.8 Å². The summed E-state index contributed by atoms with van der Waals surface area (Å²) in [6.07, 6.45) is 0. The summed E-state index contributed by atoms with van der Waals surface area (Å²) in [5, 5.41) is 3.26. The normalized spacial score (nSPS) is 16.7. The molecule has 1 aliphatic heterocycles. The highest BCUT2D eigenvalue weighted by molar-refractivity contribution is 6.16. The predicted molar refractivity (Wildman–Crippen MR) is 58.9 cm³/mol. The molecule has 1 aromatic heterocycles. The lowest BCUT2D eigenvalue weighted by Crippen LogP contribution is -2.44. The minimum absolute atomic E-state index is 0.231. The maximum absolute atomic E-state index is 5.67. The molecule has 1 aromatic rings. The molecule has 0 bridgehead atoms. The van der Waals surface area contributed by atoms with Gasteiger partial charge in [0.1, 0.15) is 0 Å². The van der Waals surface area contributed by atoms with Crippen LogP contribution in [0.1, 0.15) is 5.82 Å². The number of nitrogens with zero attached hydrogens (tertiary/aromatic N) is 4. The van der Waals surface area contributed by atoms with Gasteiger partial charge in [-0.3, -0.25) is 0 Å². The van der Waals surface area contributed by atoms with Crippen LogP contribution in [0, 0.1) is 0 Å². The molecular weight excluding hydrogens is 216 g/mol. The highest BCUT2D eigenvalue weighted by Crippen LogP contribution is 2.10. The number of hydrogen-bond acceptors (Lipinski definition) is 6. The minimum atomic E-state index is 0.231. The molecular formula is C8H13ClN6. The van der Waals surface area contributed by atoms with Crippen molar-refractivity contribution in [1.29, 1.82) is 0 Å². The number of nitrogens with one attached hydrogen (secondary N) is 1. The predicted octanol–water partition coefficient (Wildman–Crippen LogP) is -0.398. The molecule has 0 spiro atoms. The number of rotatable bonds is 2. The molecule has 2 heterocycles. The number of nitrogens with two attached hydrogens (primary N) is 1. The highest BCUT2D eigenvalue weighted by Gasteiger charge is 2.14. The van der Waals surface area contributed by atoms with Gasteiger partial charge < -0.3 is 16.0 Å². The van der Waals surface area contributed by atoms with Crippen molar-refractivity contribution in [3.63, 3.8) is 0 Å². The number of hydrogen-bond donors (Lipinski definition) is 2. The quantitative estimate of drug-likeness (QED) is 0.671. The van der Waals surface area contributed by atoms with E-state index in [1.54, 1.807) is 0 Å². The summed E-state index contributed by atoms with van der Waals surface area (Å²) in [5.41, 5.74) is 5.58. The van der Waals surface area contributed by atoms with Crippen LogP contribution in [0.25, 0.3) is 0 Å². The van der Waals surface area contributed by atoms with Crippen LogP contribution in [0.3, 0.4) is 0 Å². The largest absolute Gasteiger partial charge is 0.368 e. The summed E-state index contributed by atoms with van der Waals surface area (Å²) in [5.74, 6) is 1.64. The third-order valence-corrected chi connectivity index (χ3v) is 2.45. The zero-order valence-corrected chi connectivity index (χ0v) is 9.04. The lowest BCUT2D eigenvalue weighted by molar-refractivity contribution is 0.578. The van der Waals surface area contributed by atoms with E-state index in [9.17, 15) is 0 Å². The molecule has 0 aromatic carbocycles. The van der Waals surface area contributed by atoms with Crippen LogP contribution in [0.4, 0.5) is 11.9 Å². The summed E-state index contributed by atoms with van der Waals surface area (Å²) in [4.78, 5) is 14.3. The molecule has 7 heteroatoms. The number of piperazine rings is 1. The zero-order chi connectivity index (χ0) is 10.7. The Hall–Kier alpha value is -1.14. The molecule has 15 heavy (non-hydrogen) atoms. The third kappa shape index (κ3) is 2.45. The monoisotopic (exact) mass is 228 g/mol. The standard InChI is InChI=1S/C8H13ClN6/c9-5-6-12-7(10)14-8(13-6)15-3-1-11-2-4-15/h11H,1-5H2,(H2,10,12,13,14). The molecule has 0 unspecified atom stereocenters. The second-order valence-electron chi connectivity index (χ2n) is 3.28. The van der Waals surface area contributed by atoms with Crippen molar-refractivity contribution in [1.82, 2.24) is 20.3 Å². The van der Waals surface area contributed by atoms with Crippen molar-refractivity contribution < 1.29 is 0 Å². The molecule has 1 fully saturated rings. The molecule has 0 radical (unpaired) electrons. The van der Waals surface area contributed by atoms with Gasteiger partial charge in [0.15, 0.2) is 5.82 Å². The first-order valence-corrected chi connectivity index (χ1v) is 5.35. The lowest BCUT2D eigenvalue weighted by atomic mass is 10.4. The average molecular weight is 229 g/mol. The van der Waals surface area contributed by atoms with Crippen LogP contribution in [-0.4, -0.2) is 41.1 Å². The van der Waals surface area contributed by atoms with E-state index in [0.717, 1.165) is 26.2 Å². The number of nitrogen functional groups attached to an aromatic ring is 1. The molecule has 0 amide bonds. The van der Waals surface area contributed by atoms with Crippen molar-refractivity contribution in [3.05, 3.63) is 5.82 Å². The summed E-state index contributed by atoms with van der Waals surface area (Å²) >= 11 is 5.67. The summed E-state index contributed by atoms with van der Waals surface area (Å²) in [6.45, 7) is 3.62. The SMILES string of the molecule is Nc1nc(CCl)nc(N2CCNCC2)n1. The molecule has 3 N–H and O–H groups in total. The van der Waals surface area contributed by atoms with Gasteiger partial charge in [-0.2, -0.15) is 15.0 Å². The van der Waals surface area contributed by atoms with Gasteiger partial charge >= 0.3 is 0 Å². The van der Waals surface area contributed by atoms with E-state index in [-0.39, 0.29) is 11.8 Å². The number of alkyl halides is 1. The van der Waals surface area contributed by atoms with E-state index >= 15 is 0 Å². The zero-order valence-electron chi connectivity index (χ0n) is 8.28. The van der Waals surface area contributed by atoms with Gasteiger partial charge in [0, 0.05) is 26.2 Å². The summed E-state index contributed by atoms with van der Waals surface area (Å²) in [7, 11) is 0. The molecule has 0 atom stereocenters. The van der Waals surface area contributed by atoms with Crippen LogP contribution in [0.5, 0.6) is 0 Å². The number of aromatic nitrogens is 3. The first-order valence-electron chi connectivity index (χ1n) is 4.81.